The van der Waals surface area contributed by atoms with Crippen LogP contribution in [-0.4, -0.2) is 32.9 Å². The lowest BCUT2D eigenvalue weighted by Crippen LogP contribution is -2.33. The minimum absolute atomic E-state index is 0.136. The van der Waals surface area contributed by atoms with E-state index in [4.69, 9.17) is 6.42 Å². The second-order valence-corrected chi connectivity index (χ2v) is 7.06. The number of nitrogens with zero attached hydrogens (tertiary/aromatic N) is 1. The van der Waals surface area contributed by atoms with E-state index in [1.54, 1.807) is 12.1 Å². The van der Waals surface area contributed by atoms with Crippen molar-refractivity contribution in [2.75, 3.05) is 20.1 Å². The molecule has 1 aliphatic carbocycles. The van der Waals surface area contributed by atoms with Gasteiger partial charge in [-0.1, -0.05) is 18.1 Å². The standard InChI is InChI=1S/C15H20N2O2S/c1-3-10-17(12-14-4-5-14)20(18,19)15-8-6-13(7-9-15)11-16-2/h1,6-9,14,16H,4-5,10-12H2,2H3. The van der Waals surface area contributed by atoms with E-state index in [1.807, 2.05) is 19.2 Å². The van der Waals surface area contributed by atoms with Crippen molar-refractivity contribution in [3.63, 3.8) is 0 Å². The van der Waals surface area contributed by atoms with Crippen LogP contribution >= 0.6 is 0 Å². The molecule has 20 heavy (non-hydrogen) atoms. The lowest BCUT2D eigenvalue weighted by atomic mass is 10.2. The van der Waals surface area contributed by atoms with Crippen LogP contribution in [0.4, 0.5) is 0 Å². The average Bonchev–Trinajstić information content (AvgIpc) is 3.23. The summed E-state index contributed by atoms with van der Waals surface area (Å²) in [5, 5.41) is 3.03. The third-order valence-electron chi connectivity index (χ3n) is 3.37. The van der Waals surface area contributed by atoms with E-state index in [9.17, 15) is 8.42 Å². The van der Waals surface area contributed by atoms with Gasteiger partial charge in [0.15, 0.2) is 0 Å². The van der Waals surface area contributed by atoms with Crippen molar-refractivity contribution in [2.45, 2.75) is 24.3 Å². The lowest BCUT2D eigenvalue weighted by Gasteiger charge is -2.19. The number of nitrogens with one attached hydrogen (secondary N) is 1. The first-order valence-corrected chi connectivity index (χ1v) is 8.19. The third kappa shape index (κ3) is 3.60. The molecule has 1 N–H and O–H groups in total. The summed E-state index contributed by atoms with van der Waals surface area (Å²) in [5.74, 6) is 2.92. The van der Waals surface area contributed by atoms with Crippen molar-refractivity contribution in [3.8, 4) is 12.3 Å². The van der Waals surface area contributed by atoms with Gasteiger partial charge in [-0.25, -0.2) is 8.42 Å². The van der Waals surface area contributed by atoms with Gasteiger partial charge in [0.25, 0.3) is 0 Å². The van der Waals surface area contributed by atoms with Crippen LogP contribution in [0.25, 0.3) is 0 Å². The molecule has 1 aliphatic rings. The summed E-state index contributed by atoms with van der Waals surface area (Å²) in [6.45, 7) is 1.39. The number of terminal acetylenes is 1. The van der Waals surface area contributed by atoms with E-state index in [-0.39, 0.29) is 6.54 Å². The van der Waals surface area contributed by atoms with Gasteiger partial charge in [-0.15, -0.1) is 6.42 Å². The van der Waals surface area contributed by atoms with E-state index in [0.29, 0.717) is 17.4 Å². The Morgan fingerprint density at radius 3 is 2.50 bits per heavy atom. The molecular formula is C15H20N2O2S. The van der Waals surface area contributed by atoms with Crippen molar-refractivity contribution in [1.29, 1.82) is 0 Å². The first kappa shape index (κ1) is 15.0. The summed E-state index contributed by atoms with van der Waals surface area (Å²) in [7, 11) is -1.62. The van der Waals surface area contributed by atoms with Crippen molar-refractivity contribution in [3.05, 3.63) is 29.8 Å². The molecule has 0 unspecified atom stereocenters. The molecule has 0 heterocycles. The molecule has 5 heteroatoms. The zero-order valence-electron chi connectivity index (χ0n) is 11.7. The van der Waals surface area contributed by atoms with Crippen molar-refractivity contribution < 1.29 is 8.42 Å². The number of benzene rings is 1. The molecular weight excluding hydrogens is 272 g/mol. The predicted molar refractivity (Wildman–Crippen MR) is 79.5 cm³/mol. The highest BCUT2D eigenvalue weighted by atomic mass is 32.2. The van der Waals surface area contributed by atoms with E-state index >= 15 is 0 Å². The second-order valence-electron chi connectivity index (χ2n) is 5.12. The van der Waals surface area contributed by atoms with Crippen LogP contribution in [0.15, 0.2) is 29.2 Å². The molecule has 1 saturated carbocycles. The monoisotopic (exact) mass is 292 g/mol. The fourth-order valence-electron chi connectivity index (χ4n) is 2.07. The summed E-state index contributed by atoms with van der Waals surface area (Å²) >= 11 is 0. The Morgan fingerprint density at radius 2 is 2.00 bits per heavy atom. The van der Waals surface area contributed by atoms with Gasteiger partial charge in [0.1, 0.15) is 0 Å². The van der Waals surface area contributed by atoms with Gasteiger partial charge in [0.2, 0.25) is 10.0 Å². The van der Waals surface area contributed by atoms with Gasteiger partial charge < -0.3 is 5.32 Å². The Labute approximate surface area is 121 Å². The molecule has 1 aromatic rings. The molecule has 0 saturated heterocycles. The summed E-state index contributed by atoms with van der Waals surface area (Å²) in [6.07, 6.45) is 7.49. The highest BCUT2D eigenvalue weighted by Gasteiger charge is 2.31. The van der Waals surface area contributed by atoms with Crippen LogP contribution in [0, 0.1) is 18.3 Å². The average molecular weight is 292 g/mol. The van der Waals surface area contributed by atoms with Crippen LogP contribution in [0.3, 0.4) is 0 Å². The number of rotatable bonds is 7. The summed E-state index contributed by atoms with van der Waals surface area (Å²) in [6, 6.07) is 6.96. The van der Waals surface area contributed by atoms with Crippen molar-refractivity contribution in [2.24, 2.45) is 5.92 Å². The zero-order valence-corrected chi connectivity index (χ0v) is 12.5. The smallest absolute Gasteiger partial charge is 0.243 e. The molecule has 0 spiro atoms. The minimum atomic E-state index is -3.48. The minimum Gasteiger partial charge on any atom is -0.316 e. The van der Waals surface area contributed by atoms with Gasteiger partial charge in [0, 0.05) is 13.1 Å². The van der Waals surface area contributed by atoms with Gasteiger partial charge in [-0.3, -0.25) is 0 Å². The maximum atomic E-state index is 12.6. The van der Waals surface area contributed by atoms with Crippen LogP contribution in [0.1, 0.15) is 18.4 Å². The molecule has 1 fully saturated rings. The fraction of sp³-hybridized carbons (Fsp3) is 0.467. The van der Waals surface area contributed by atoms with Crippen molar-refractivity contribution in [1.82, 2.24) is 9.62 Å². The first-order chi connectivity index (χ1) is 9.57. The largest absolute Gasteiger partial charge is 0.316 e. The molecule has 4 nitrogen and oxygen atoms in total. The quantitative estimate of drug-likeness (QED) is 0.774. The first-order valence-electron chi connectivity index (χ1n) is 6.75. The Hall–Kier alpha value is -1.35. The topological polar surface area (TPSA) is 49.4 Å². The van der Waals surface area contributed by atoms with Gasteiger partial charge in [-0.05, 0) is 43.5 Å². The molecule has 1 aromatic carbocycles. The predicted octanol–water partition coefficient (Wildman–Crippen LogP) is 1.44. The number of hydrogen-bond donors (Lipinski definition) is 1. The van der Waals surface area contributed by atoms with Gasteiger partial charge >= 0.3 is 0 Å². The molecule has 0 aliphatic heterocycles. The van der Waals surface area contributed by atoms with Crippen LogP contribution in [0.5, 0.6) is 0 Å². The summed E-state index contributed by atoms with van der Waals surface area (Å²) in [5.41, 5.74) is 1.05. The Kier molecular flexibility index (Phi) is 4.81. The number of hydrogen-bond acceptors (Lipinski definition) is 3. The van der Waals surface area contributed by atoms with E-state index in [1.165, 1.54) is 4.31 Å². The molecule has 0 radical (unpaired) electrons. The highest BCUT2D eigenvalue weighted by molar-refractivity contribution is 7.89. The molecule has 108 valence electrons. The summed E-state index contributed by atoms with van der Waals surface area (Å²) < 4.78 is 26.6. The number of sulfonamides is 1. The Balaban J connectivity index is 2.19. The van der Waals surface area contributed by atoms with Gasteiger partial charge in [-0.2, -0.15) is 4.31 Å². The van der Waals surface area contributed by atoms with E-state index in [0.717, 1.165) is 24.9 Å². The van der Waals surface area contributed by atoms with Gasteiger partial charge in [0.05, 0.1) is 11.4 Å². The van der Waals surface area contributed by atoms with Crippen LogP contribution in [0.2, 0.25) is 0 Å². The SMILES string of the molecule is C#CCN(CC1CC1)S(=O)(=O)c1ccc(CNC)cc1. The molecule has 2 rings (SSSR count). The lowest BCUT2D eigenvalue weighted by molar-refractivity contribution is 0.430. The second kappa shape index (κ2) is 6.40. The molecule has 0 aromatic heterocycles. The van der Waals surface area contributed by atoms with E-state index in [2.05, 4.69) is 11.2 Å². The Morgan fingerprint density at radius 1 is 1.35 bits per heavy atom. The molecule has 0 atom stereocenters. The molecule has 0 bridgehead atoms. The zero-order chi connectivity index (χ0) is 14.6. The normalized spacial score (nSPS) is 15.2. The third-order valence-corrected chi connectivity index (χ3v) is 5.19. The fourth-order valence-corrected chi connectivity index (χ4v) is 3.50. The summed E-state index contributed by atoms with van der Waals surface area (Å²) in [4.78, 5) is 0.313. The molecule has 0 amide bonds. The van der Waals surface area contributed by atoms with Crippen molar-refractivity contribution >= 4 is 10.0 Å². The highest BCUT2D eigenvalue weighted by Crippen LogP contribution is 2.31. The maximum Gasteiger partial charge on any atom is 0.243 e. The Bertz CT molecular complexity index is 583. The van der Waals surface area contributed by atoms with Crippen LogP contribution < -0.4 is 5.32 Å². The maximum absolute atomic E-state index is 12.6. The van der Waals surface area contributed by atoms with E-state index < -0.39 is 10.0 Å². The van der Waals surface area contributed by atoms with Crippen LogP contribution in [-0.2, 0) is 16.6 Å².